The molecule has 1 heterocycles. The van der Waals surface area contributed by atoms with Crippen LogP contribution in [0.1, 0.15) is 18.4 Å². The first-order valence-corrected chi connectivity index (χ1v) is 6.59. The molecule has 16 heavy (non-hydrogen) atoms. The number of benzene rings is 1. The van der Waals surface area contributed by atoms with E-state index in [9.17, 15) is 0 Å². The van der Waals surface area contributed by atoms with Gasteiger partial charge in [-0.15, -0.1) is 0 Å². The zero-order valence-electron chi connectivity index (χ0n) is 9.41. The summed E-state index contributed by atoms with van der Waals surface area (Å²) in [5.41, 5.74) is 1.29. The molecule has 0 radical (unpaired) electrons. The minimum absolute atomic E-state index is 0.824. The molecule has 1 aromatic rings. The number of halogens is 1. The molecule has 2 nitrogen and oxygen atoms in total. The zero-order chi connectivity index (χ0) is 11.1. The highest BCUT2D eigenvalue weighted by molar-refractivity contribution is 9.10. The second kappa shape index (κ2) is 3.88. The van der Waals surface area contributed by atoms with Gasteiger partial charge in [-0.2, -0.15) is 0 Å². The van der Waals surface area contributed by atoms with Crippen molar-refractivity contribution in [3.8, 4) is 0 Å². The Morgan fingerprint density at radius 2 is 2.25 bits per heavy atom. The van der Waals surface area contributed by atoms with Crippen LogP contribution in [0.25, 0.3) is 6.20 Å². The van der Waals surface area contributed by atoms with E-state index in [4.69, 9.17) is 0 Å². The first-order chi connectivity index (χ1) is 7.74. The molecule has 84 valence electrons. The number of hydrogen-bond acceptors (Lipinski definition) is 2. The van der Waals surface area contributed by atoms with Crippen molar-refractivity contribution in [2.75, 3.05) is 13.2 Å². The molecule has 0 aromatic heterocycles. The van der Waals surface area contributed by atoms with Gasteiger partial charge in [0, 0.05) is 22.4 Å². The van der Waals surface area contributed by atoms with Crippen LogP contribution in [0.2, 0.25) is 0 Å². The van der Waals surface area contributed by atoms with E-state index in [-0.39, 0.29) is 0 Å². The van der Waals surface area contributed by atoms with Crippen molar-refractivity contribution in [3.63, 3.8) is 0 Å². The topological polar surface area (TPSA) is 15.6 Å². The summed E-state index contributed by atoms with van der Waals surface area (Å²) in [4.78, 5) is 6.98. The fourth-order valence-corrected chi connectivity index (χ4v) is 2.47. The van der Waals surface area contributed by atoms with Crippen LogP contribution < -0.4 is 10.6 Å². The van der Waals surface area contributed by atoms with Crippen molar-refractivity contribution in [1.82, 2.24) is 4.90 Å². The molecule has 0 saturated heterocycles. The van der Waals surface area contributed by atoms with Crippen molar-refractivity contribution in [2.45, 2.75) is 19.8 Å². The van der Waals surface area contributed by atoms with Crippen LogP contribution >= 0.6 is 15.9 Å². The van der Waals surface area contributed by atoms with Gasteiger partial charge in [0.05, 0.1) is 5.36 Å². The van der Waals surface area contributed by atoms with Crippen LogP contribution in [-0.4, -0.2) is 18.1 Å². The highest BCUT2D eigenvalue weighted by Crippen LogP contribution is 2.29. The van der Waals surface area contributed by atoms with E-state index in [0.717, 1.165) is 17.9 Å². The van der Waals surface area contributed by atoms with E-state index in [1.165, 1.54) is 34.6 Å². The lowest BCUT2D eigenvalue weighted by Gasteiger charge is -2.21. The zero-order valence-corrected chi connectivity index (χ0v) is 11.0. The van der Waals surface area contributed by atoms with Gasteiger partial charge in [-0.1, -0.05) is 15.9 Å². The van der Waals surface area contributed by atoms with Crippen LogP contribution in [0.4, 0.5) is 0 Å². The summed E-state index contributed by atoms with van der Waals surface area (Å²) in [5.74, 6) is 0.917. The van der Waals surface area contributed by atoms with Gasteiger partial charge in [0.25, 0.3) is 0 Å². The molecule has 0 atom stereocenters. The van der Waals surface area contributed by atoms with Crippen molar-refractivity contribution in [3.05, 3.63) is 32.7 Å². The number of hydrogen-bond donors (Lipinski definition) is 0. The molecule has 0 amide bonds. The van der Waals surface area contributed by atoms with E-state index < -0.39 is 0 Å². The van der Waals surface area contributed by atoms with E-state index in [1.54, 1.807) is 0 Å². The normalized spacial score (nSPS) is 18.8. The second-order valence-corrected chi connectivity index (χ2v) is 5.60. The lowest BCUT2D eigenvalue weighted by atomic mass is 10.1. The minimum atomic E-state index is 0.824. The average molecular weight is 279 g/mol. The molecule has 0 unspecified atom stereocenters. The molecular weight excluding hydrogens is 264 g/mol. The van der Waals surface area contributed by atoms with Gasteiger partial charge in [0.2, 0.25) is 0 Å². The fourth-order valence-electron chi connectivity index (χ4n) is 2.12. The predicted molar refractivity (Wildman–Crippen MR) is 68.4 cm³/mol. The van der Waals surface area contributed by atoms with Crippen LogP contribution in [-0.2, 0) is 0 Å². The number of rotatable bonds is 2. The maximum atomic E-state index is 4.63. The molecular formula is C13H15BrN2. The quantitative estimate of drug-likeness (QED) is 0.806. The molecule has 1 aliphatic carbocycles. The Morgan fingerprint density at radius 3 is 3.00 bits per heavy atom. The van der Waals surface area contributed by atoms with Crippen LogP contribution in [0.15, 0.2) is 21.6 Å². The third-order valence-corrected chi connectivity index (χ3v) is 4.21. The summed E-state index contributed by atoms with van der Waals surface area (Å²) >= 11 is 3.58. The molecule has 0 N–H and O–H groups in total. The van der Waals surface area contributed by atoms with Crippen LogP contribution in [0, 0.1) is 12.8 Å². The molecule has 1 fully saturated rings. The van der Waals surface area contributed by atoms with Crippen LogP contribution in [0.5, 0.6) is 0 Å². The van der Waals surface area contributed by atoms with E-state index in [0.29, 0.717) is 0 Å². The molecule has 3 heteroatoms. The summed E-state index contributed by atoms with van der Waals surface area (Å²) in [5, 5.41) is 2.41. The predicted octanol–water partition coefficient (Wildman–Crippen LogP) is 1.80. The van der Waals surface area contributed by atoms with Gasteiger partial charge in [-0.3, -0.25) is 4.99 Å². The fraction of sp³-hybridized carbons (Fsp3) is 0.462. The van der Waals surface area contributed by atoms with Gasteiger partial charge in [0.1, 0.15) is 6.67 Å². The Labute approximate surface area is 104 Å². The summed E-state index contributed by atoms with van der Waals surface area (Å²) < 4.78 is 1.17. The van der Waals surface area contributed by atoms with Crippen molar-refractivity contribution in [2.24, 2.45) is 10.9 Å². The van der Waals surface area contributed by atoms with E-state index in [1.807, 2.05) is 0 Å². The monoisotopic (exact) mass is 278 g/mol. The summed E-state index contributed by atoms with van der Waals surface area (Å²) in [6.07, 6.45) is 5.07. The van der Waals surface area contributed by atoms with E-state index in [2.05, 4.69) is 51.1 Å². The van der Waals surface area contributed by atoms with Crippen molar-refractivity contribution >= 4 is 22.1 Å². The Hall–Kier alpha value is -0.830. The maximum absolute atomic E-state index is 4.63. The average Bonchev–Trinajstić information content (AvgIpc) is 3.08. The molecule has 0 spiro atoms. The van der Waals surface area contributed by atoms with E-state index >= 15 is 0 Å². The van der Waals surface area contributed by atoms with Crippen LogP contribution in [0.3, 0.4) is 0 Å². The lowest BCUT2D eigenvalue weighted by Crippen LogP contribution is -2.38. The Balaban J connectivity index is 2.02. The third-order valence-electron chi connectivity index (χ3n) is 3.35. The largest absolute Gasteiger partial charge is 0.357 e. The van der Waals surface area contributed by atoms with Gasteiger partial charge in [-0.05, 0) is 43.4 Å². The molecule has 2 aliphatic rings. The number of nitrogens with zero attached hydrogens (tertiary/aromatic N) is 2. The minimum Gasteiger partial charge on any atom is -0.357 e. The summed E-state index contributed by atoms with van der Waals surface area (Å²) in [6, 6.07) is 4.18. The second-order valence-electron chi connectivity index (χ2n) is 4.75. The van der Waals surface area contributed by atoms with Gasteiger partial charge < -0.3 is 4.90 Å². The third kappa shape index (κ3) is 1.88. The Morgan fingerprint density at radius 1 is 1.44 bits per heavy atom. The molecule has 1 aromatic carbocycles. The summed E-state index contributed by atoms with van der Waals surface area (Å²) in [7, 11) is 0. The smallest absolute Gasteiger partial charge is 0.110 e. The first-order valence-electron chi connectivity index (χ1n) is 5.79. The maximum Gasteiger partial charge on any atom is 0.110 e. The molecule has 1 aliphatic heterocycles. The first kappa shape index (κ1) is 10.3. The van der Waals surface area contributed by atoms with Gasteiger partial charge in [0.15, 0.2) is 0 Å². The highest BCUT2D eigenvalue weighted by Gasteiger charge is 2.23. The van der Waals surface area contributed by atoms with Crippen molar-refractivity contribution < 1.29 is 0 Å². The Bertz CT molecular complexity index is 532. The molecule has 1 saturated carbocycles. The van der Waals surface area contributed by atoms with Gasteiger partial charge in [-0.25, -0.2) is 0 Å². The summed E-state index contributed by atoms with van der Waals surface area (Å²) in [6.45, 7) is 4.15. The van der Waals surface area contributed by atoms with Crippen molar-refractivity contribution in [1.29, 1.82) is 0 Å². The SMILES string of the molecule is Cc1c(Br)ccc2c1=CN(CC1CC1)CN=2. The molecule has 3 rings (SSSR count). The Kier molecular flexibility index (Phi) is 2.51. The lowest BCUT2D eigenvalue weighted by molar-refractivity contribution is 0.394. The number of fused-ring (bicyclic) bond motifs is 1. The van der Waals surface area contributed by atoms with Gasteiger partial charge >= 0.3 is 0 Å². The highest BCUT2D eigenvalue weighted by atomic mass is 79.9. The standard InChI is InChI=1S/C13H15BrN2/c1-9-11-7-16(6-10-2-3-10)8-15-13(11)5-4-12(9)14/h4-5,7,10H,2-3,6,8H2,1H3. The molecule has 0 bridgehead atoms.